The van der Waals surface area contributed by atoms with Crippen LogP contribution in [0.5, 0.6) is 0 Å². The fraction of sp³-hybridized carbons (Fsp3) is 0.839. The minimum Gasteiger partial charge on any atom is -0.379 e. The summed E-state index contributed by atoms with van der Waals surface area (Å²) in [6.45, 7) is 17.8. The molecule has 43 heavy (non-hydrogen) atoms. The Bertz CT molecular complexity index is 897. The first-order valence-electron chi connectivity index (χ1n) is 15.3. The molecule has 0 aromatic carbocycles. The molecular weight excluding hydrogens is 558 g/mol. The molecule has 0 spiro atoms. The van der Waals surface area contributed by atoms with Crippen LogP contribution in [-0.2, 0) is 42.9 Å². The summed E-state index contributed by atoms with van der Waals surface area (Å²) < 4.78 is 21.9. The lowest BCUT2D eigenvalue weighted by molar-refractivity contribution is -0.155. The molecular formula is C31H55N3O9. The predicted octanol–water partition coefficient (Wildman–Crippen LogP) is 2.13. The first-order valence-corrected chi connectivity index (χ1v) is 15.3. The second-order valence-corrected chi connectivity index (χ2v) is 13.0. The van der Waals surface area contributed by atoms with Crippen LogP contribution in [0.4, 0.5) is 0 Å². The van der Waals surface area contributed by atoms with Crippen molar-refractivity contribution in [2.45, 2.75) is 80.7 Å². The summed E-state index contributed by atoms with van der Waals surface area (Å²) in [5.41, 5.74) is -0.829. The number of imide groups is 1. The normalized spacial score (nSPS) is 16.1. The lowest BCUT2D eigenvalue weighted by atomic mass is 9.71. The molecule has 248 valence electrons. The third-order valence-corrected chi connectivity index (χ3v) is 7.68. The minimum absolute atomic E-state index is 0.0764. The number of carbonyl (C=O) groups is 5. The molecule has 0 aromatic rings. The average Bonchev–Trinajstić information content (AvgIpc) is 2.90. The minimum atomic E-state index is -0.738. The number of nitrogens with one attached hydrogen (secondary N) is 2. The van der Waals surface area contributed by atoms with Crippen LogP contribution in [0.2, 0.25) is 0 Å². The van der Waals surface area contributed by atoms with E-state index in [9.17, 15) is 24.0 Å². The fourth-order valence-corrected chi connectivity index (χ4v) is 4.15. The molecule has 1 unspecified atom stereocenters. The molecule has 0 aromatic heterocycles. The molecule has 1 atom stereocenters. The molecule has 1 aliphatic rings. The van der Waals surface area contributed by atoms with Crippen molar-refractivity contribution in [1.29, 1.82) is 0 Å². The lowest BCUT2D eigenvalue weighted by Crippen LogP contribution is -2.51. The van der Waals surface area contributed by atoms with Gasteiger partial charge in [-0.05, 0) is 17.3 Å². The Hall–Kier alpha value is -2.41. The number of carbonyl (C=O) groups excluding carboxylic acids is 5. The Morgan fingerprint density at radius 3 is 1.72 bits per heavy atom. The Kier molecular flexibility index (Phi) is 17.1. The fourth-order valence-electron chi connectivity index (χ4n) is 4.15. The number of nitrogens with zero attached hydrogens (tertiary/aromatic N) is 1. The van der Waals surface area contributed by atoms with Crippen molar-refractivity contribution in [3.05, 3.63) is 0 Å². The van der Waals surface area contributed by atoms with E-state index in [1.54, 1.807) is 20.8 Å². The van der Waals surface area contributed by atoms with E-state index in [1.165, 1.54) is 4.90 Å². The monoisotopic (exact) mass is 613 g/mol. The number of hydrogen-bond acceptors (Lipinski definition) is 9. The Balaban J connectivity index is 2.05. The maximum Gasteiger partial charge on any atom is 0.243 e. The molecule has 0 aliphatic carbocycles. The van der Waals surface area contributed by atoms with Crippen LogP contribution < -0.4 is 10.6 Å². The van der Waals surface area contributed by atoms with E-state index in [-0.39, 0.29) is 79.4 Å². The summed E-state index contributed by atoms with van der Waals surface area (Å²) in [5, 5.41) is 5.34. The second-order valence-electron chi connectivity index (χ2n) is 13.0. The molecule has 1 heterocycles. The van der Waals surface area contributed by atoms with Gasteiger partial charge in [-0.25, -0.2) is 0 Å². The molecule has 0 saturated carbocycles. The number of ether oxygens (including phenoxy) is 4. The van der Waals surface area contributed by atoms with Crippen molar-refractivity contribution in [3.63, 3.8) is 0 Å². The molecule has 1 saturated heterocycles. The van der Waals surface area contributed by atoms with Gasteiger partial charge in [0.05, 0.1) is 65.9 Å². The summed E-state index contributed by atoms with van der Waals surface area (Å²) in [6.07, 6.45) is 0.849. The molecule has 4 amide bonds. The zero-order valence-electron chi connectivity index (χ0n) is 27.5. The molecule has 12 heteroatoms. The van der Waals surface area contributed by atoms with E-state index in [0.717, 1.165) is 0 Å². The van der Waals surface area contributed by atoms with Crippen molar-refractivity contribution in [2.75, 3.05) is 65.9 Å². The average molecular weight is 614 g/mol. The van der Waals surface area contributed by atoms with Crippen LogP contribution in [0.25, 0.3) is 0 Å². The Morgan fingerprint density at radius 2 is 1.28 bits per heavy atom. The van der Waals surface area contributed by atoms with Gasteiger partial charge in [-0.1, -0.05) is 55.4 Å². The molecule has 0 radical (unpaired) electrons. The van der Waals surface area contributed by atoms with E-state index in [0.29, 0.717) is 52.5 Å². The van der Waals surface area contributed by atoms with Gasteiger partial charge in [0.1, 0.15) is 6.04 Å². The third kappa shape index (κ3) is 14.7. The molecule has 1 aliphatic heterocycles. The summed E-state index contributed by atoms with van der Waals surface area (Å²) in [5.74, 6) is -0.937. The highest BCUT2D eigenvalue weighted by atomic mass is 16.6. The highest BCUT2D eigenvalue weighted by Gasteiger charge is 2.42. The summed E-state index contributed by atoms with van der Waals surface area (Å²) in [4.78, 5) is 63.0. The van der Waals surface area contributed by atoms with Gasteiger partial charge in [0.15, 0.2) is 5.78 Å². The highest BCUT2D eigenvalue weighted by Crippen LogP contribution is 2.39. The number of likely N-dealkylation sites (tertiary alicyclic amines) is 1. The van der Waals surface area contributed by atoms with Crippen LogP contribution >= 0.6 is 0 Å². The third-order valence-electron chi connectivity index (χ3n) is 7.68. The Labute approximate surface area is 257 Å². The van der Waals surface area contributed by atoms with Crippen LogP contribution in [0.3, 0.4) is 0 Å². The van der Waals surface area contributed by atoms with Gasteiger partial charge in [-0.3, -0.25) is 28.9 Å². The zero-order valence-corrected chi connectivity index (χ0v) is 27.5. The van der Waals surface area contributed by atoms with Gasteiger partial charge in [0.2, 0.25) is 23.6 Å². The first kappa shape index (κ1) is 38.6. The van der Waals surface area contributed by atoms with Gasteiger partial charge in [-0.15, -0.1) is 0 Å². The number of Topliss-reactive ketones (excluding diaryl/α,β-unsaturated/α-hetero) is 1. The molecule has 2 N–H and O–H groups in total. The van der Waals surface area contributed by atoms with E-state index >= 15 is 0 Å². The largest absolute Gasteiger partial charge is 0.379 e. The van der Waals surface area contributed by atoms with Crippen molar-refractivity contribution >= 4 is 29.4 Å². The number of piperidine rings is 1. The van der Waals surface area contributed by atoms with Crippen molar-refractivity contribution < 1.29 is 42.9 Å². The maximum absolute atomic E-state index is 12.5. The number of rotatable bonds is 21. The quantitative estimate of drug-likeness (QED) is 0.147. The van der Waals surface area contributed by atoms with Crippen LogP contribution in [0, 0.1) is 22.7 Å². The van der Waals surface area contributed by atoms with Crippen LogP contribution in [-0.4, -0.2) is 106 Å². The molecule has 0 bridgehead atoms. The Morgan fingerprint density at radius 1 is 0.814 bits per heavy atom. The highest BCUT2D eigenvalue weighted by molar-refractivity contribution is 5.98. The topological polar surface area (TPSA) is 150 Å². The van der Waals surface area contributed by atoms with Gasteiger partial charge < -0.3 is 29.6 Å². The van der Waals surface area contributed by atoms with Gasteiger partial charge in [-0.2, -0.15) is 0 Å². The lowest BCUT2D eigenvalue weighted by Gasteiger charge is -2.40. The van der Waals surface area contributed by atoms with E-state index in [4.69, 9.17) is 18.9 Å². The number of amides is 4. The summed E-state index contributed by atoms with van der Waals surface area (Å²) in [7, 11) is 0. The van der Waals surface area contributed by atoms with Crippen LogP contribution in [0.15, 0.2) is 0 Å². The van der Waals surface area contributed by atoms with Gasteiger partial charge >= 0.3 is 0 Å². The van der Waals surface area contributed by atoms with Crippen molar-refractivity contribution in [1.82, 2.24) is 15.5 Å². The van der Waals surface area contributed by atoms with Crippen LogP contribution in [0.1, 0.15) is 74.7 Å². The van der Waals surface area contributed by atoms with Gasteiger partial charge in [0, 0.05) is 24.7 Å². The van der Waals surface area contributed by atoms with E-state index in [1.807, 2.05) is 34.6 Å². The zero-order chi connectivity index (χ0) is 32.6. The second kappa shape index (κ2) is 19.1. The van der Waals surface area contributed by atoms with E-state index < -0.39 is 11.5 Å². The molecule has 1 rings (SSSR count). The standard InChI is InChI=1S/C31H55N3O9/c1-22(2)28(29(39)32-21-24(35)30(5,6)7)33-25(36)9-11-40-13-15-42-17-18-43-16-14-41-12-10-34-26(37)19-31(8,23(3)4)20-27(34)38/h22-23,28H,9-21H2,1-8H3,(H,32,39)(H,33,36). The summed E-state index contributed by atoms with van der Waals surface area (Å²) >= 11 is 0. The SMILES string of the molecule is CC(C)C(NC(=O)CCOCCOCCOCCOCCN1C(=O)CC(C)(C(C)C)CC1=O)C(=O)NCC(=O)C(C)(C)C. The molecule has 1 fully saturated rings. The predicted molar refractivity (Wildman–Crippen MR) is 161 cm³/mol. The van der Waals surface area contributed by atoms with Crippen molar-refractivity contribution in [2.24, 2.45) is 22.7 Å². The molecule has 12 nitrogen and oxygen atoms in total. The first-order chi connectivity index (χ1) is 20.1. The summed E-state index contributed by atoms with van der Waals surface area (Å²) in [6, 6.07) is -0.738. The number of ketones is 1. The number of hydrogen-bond donors (Lipinski definition) is 2. The van der Waals surface area contributed by atoms with E-state index in [2.05, 4.69) is 10.6 Å². The smallest absolute Gasteiger partial charge is 0.243 e. The van der Waals surface area contributed by atoms with Crippen molar-refractivity contribution in [3.8, 4) is 0 Å². The maximum atomic E-state index is 12.5. The van der Waals surface area contributed by atoms with Gasteiger partial charge in [0.25, 0.3) is 0 Å².